The van der Waals surface area contributed by atoms with E-state index in [2.05, 4.69) is 15.9 Å². The molecule has 0 bridgehead atoms. The highest BCUT2D eigenvalue weighted by molar-refractivity contribution is 9.09. The van der Waals surface area contributed by atoms with Crippen molar-refractivity contribution in [3.63, 3.8) is 0 Å². The van der Waals surface area contributed by atoms with Gasteiger partial charge in [0.15, 0.2) is 0 Å². The van der Waals surface area contributed by atoms with Crippen molar-refractivity contribution < 1.29 is 9.53 Å². The molecule has 1 rings (SSSR count). The monoisotopic (exact) mass is 277 g/mol. The van der Waals surface area contributed by atoms with E-state index in [0.717, 1.165) is 31.1 Å². The van der Waals surface area contributed by atoms with Gasteiger partial charge in [0.2, 0.25) is 0 Å². The molecule has 0 heterocycles. The Labute approximate surface area is 100 Å². The molecule has 1 fully saturated rings. The minimum Gasteiger partial charge on any atom is -0.446 e. The highest BCUT2D eigenvalue weighted by Crippen LogP contribution is 2.26. The molecule has 0 unspecified atom stereocenters. The Hall–Kier alpha value is -0.250. The number of hydrogen-bond donors (Lipinski definition) is 0. The number of ether oxygens (including phenoxy) is 1. The maximum Gasteiger partial charge on any atom is 0.410 e. The van der Waals surface area contributed by atoms with E-state index in [1.54, 1.807) is 0 Å². The van der Waals surface area contributed by atoms with E-state index in [-0.39, 0.29) is 17.7 Å². The summed E-state index contributed by atoms with van der Waals surface area (Å²) < 4.78 is 5.32. The lowest BCUT2D eigenvalue weighted by Gasteiger charge is -2.34. The van der Waals surface area contributed by atoms with Crippen LogP contribution in [0.3, 0.4) is 0 Å². The summed E-state index contributed by atoms with van der Waals surface area (Å²) in [6, 6.07) is 0. The zero-order valence-electron chi connectivity index (χ0n) is 9.75. The second-order valence-electron chi connectivity index (χ2n) is 4.95. The Balaban J connectivity index is 2.49. The molecule has 0 saturated heterocycles. The fraction of sp³-hybridized carbons (Fsp3) is 0.909. The first kappa shape index (κ1) is 12.8. The molecule has 88 valence electrons. The fourth-order valence-electron chi connectivity index (χ4n) is 1.31. The molecular weight excluding hydrogens is 258 g/mol. The summed E-state index contributed by atoms with van der Waals surface area (Å²) in [5, 5.41) is 0.913. The number of rotatable bonds is 4. The smallest absolute Gasteiger partial charge is 0.410 e. The first-order chi connectivity index (χ1) is 6.95. The van der Waals surface area contributed by atoms with Gasteiger partial charge in [0.1, 0.15) is 6.10 Å². The van der Waals surface area contributed by atoms with Crippen molar-refractivity contribution in [1.82, 2.24) is 4.90 Å². The number of carbonyl (C=O) groups excluding carboxylic acids is 1. The van der Waals surface area contributed by atoms with E-state index >= 15 is 0 Å². The van der Waals surface area contributed by atoms with Crippen LogP contribution in [0.25, 0.3) is 0 Å². The summed E-state index contributed by atoms with van der Waals surface area (Å²) in [5.74, 6) is 0. The number of halogens is 1. The first-order valence-corrected chi connectivity index (χ1v) is 6.61. The highest BCUT2D eigenvalue weighted by atomic mass is 79.9. The quantitative estimate of drug-likeness (QED) is 0.739. The molecule has 1 aliphatic carbocycles. The van der Waals surface area contributed by atoms with Crippen LogP contribution in [0.2, 0.25) is 0 Å². The number of alkyl halides is 1. The lowest BCUT2D eigenvalue weighted by Crippen LogP contribution is -2.46. The van der Waals surface area contributed by atoms with Crippen molar-refractivity contribution in [3.05, 3.63) is 0 Å². The Kier molecular flexibility index (Phi) is 4.44. The van der Waals surface area contributed by atoms with Crippen LogP contribution in [0.1, 0.15) is 40.0 Å². The van der Waals surface area contributed by atoms with Crippen LogP contribution < -0.4 is 0 Å². The molecule has 0 N–H and O–H groups in total. The molecular formula is C11H20BrNO2. The second kappa shape index (κ2) is 5.19. The molecule has 0 atom stereocenters. The molecule has 1 saturated carbocycles. The standard InChI is InChI=1S/C11H20BrNO2/c1-11(2,3)13(8-4-7-12)10(14)15-9-5-6-9/h9H,4-8H2,1-3H3. The van der Waals surface area contributed by atoms with Gasteiger partial charge in [-0.1, -0.05) is 15.9 Å². The average Bonchev–Trinajstić information content (AvgIpc) is 2.86. The Morgan fingerprint density at radius 3 is 2.47 bits per heavy atom. The van der Waals surface area contributed by atoms with Gasteiger partial charge in [0.25, 0.3) is 0 Å². The van der Waals surface area contributed by atoms with Crippen molar-refractivity contribution in [3.8, 4) is 0 Å². The van der Waals surface area contributed by atoms with Crippen LogP contribution >= 0.6 is 15.9 Å². The van der Waals surface area contributed by atoms with Crippen LogP contribution in [-0.2, 0) is 4.74 Å². The number of carbonyl (C=O) groups is 1. The van der Waals surface area contributed by atoms with Gasteiger partial charge in [-0.15, -0.1) is 0 Å². The predicted molar refractivity (Wildman–Crippen MR) is 64.4 cm³/mol. The lowest BCUT2D eigenvalue weighted by atomic mass is 10.1. The molecule has 0 spiro atoms. The van der Waals surface area contributed by atoms with Gasteiger partial charge in [-0.05, 0) is 40.0 Å². The summed E-state index contributed by atoms with van der Waals surface area (Å²) >= 11 is 3.38. The Bertz CT molecular complexity index is 221. The van der Waals surface area contributed by atoms with Gasteiger partial charge in [0, 0.05) is 17.4 Å². The SMILES string of the molecule is CC(C)(C)N(CCCBr)C(=O)OC1CC1. The summed E-state index contributed by atoms with van der Waals surface area (Å²) in [7, 11) is 0. The van der Waals surface area contributed by atoms with Crippen LogP contribution in [0.4, 0.5) is 4.79 Å². The van der Waals surface area contributed by atoms with Crippen molar-refractivity contribution in [1.29, 1.82) is 0 Å². The molecule has 0 aromatic carbocycles. The fourth-order valence-corrected chi connectivity index (χ4v) is 1.56. The van der Waals surface area contributed by atoms with Crippen LogP contribution in [0, 0.1) is 0 Å². The van der Waals surface area contributed by atoms with Crippen molar-refractivity contribution in [2.75, 3.05) is 11.9 Å². The van der Waals surface area contributed by atoms with Gasteiger partial charge >= 0.3 is 6.09 Å². The zero-order valence-corrected chi connectivity index (χ0v) is 11.3. The van der Waals surface area contributed by atoms with E-state index in [9.17, 15) is 4.79 Å². The lowest BCUT2D eigenvalue weighted by molar-refractivity contribution is 0.0629. The van der Waals surface area contributed by atoms with Crippen LogP contribution in [0.5, 0.6) is 0 Å². The maximum absolute atomic E-state index is 11.8. The predicted octanol–water partition coefficient (Wildman–Crippen LogP) is 3.17. The van der Waals surface area contributed by atoms with Crippen LogP contribution in [0.15, 0.2) is 0 Å². The topological polar surface area (TPSA) is 29.5 Å². The molecule has 1 aliphatic rings. The normalized spacial score (nSPS) is 16.3. The van der Waals surface area contributed by atoms with Gasteiger partial charge < -0.3 is 9.64 Å². The second-order valence-corrected chi connectivity index (χ2v) is 5.74. The third-order valence-corrected chi connectivity index (χ3v) is 2.90. The Morgan fingerprint density at radius 1 is 1.47 bits per heavy atom. The number of amides is 1. The highest BCUT2D eigenvalue weighted by Gasteiger charge is 2.32. The van der Waals surface area contributed by atoms with Gasteiger partial charge in [-0.3, -0.25) is 0 Å². The van der Waals surface area contributed by atoms with Gasteiger partial charge in [0.05, 0.1) is 0 Å². The molecule has 15 heavy (non-hydrogen) atoms. The number of hydrogen-bond acceptors (Lipinski definition) is 2. The summed E-state index contributed by atoms with van der Waals surface area (Å²) in [6.07, 6.45) is 3.04. The van der Waals surface area contributed by atoms with Gasteiger partial charge in [-0.2, -0.15) is 0 Å². The molecule has 3 nitrogen and oxygen atoms in total. The summed E-state index contributed by atoms with van der Waals surface area (Å²) in [6.45, 7) is 6.86. The van der Waals surface area contributed by atoms with Gasteiger partial charge in [-0.25, -0.2) is 4.79 Å². The maximum atomic E-state index is 11.8. The van der Waals surface area contributed by atoms with Crippen molar-refractivity contribution >= 4 is 22.0 Å². The first-order valence-electron chi connectivity index (χ1n) is 5.49. The average molecular weight is 278 g/mol. The molecule has 0 aromatic rings. The molecule has 1 amide bonds. The van der Waals surface area contributed by atoms with E-state index in [1.807, 2.05) is 25.7 Å². The molecule has 0 aromatic heterocycles. The van der Waals surface area contributed by atoms with Crippen LogP contribution in [-0.4, -0.2) is 34.5 Å². The minimum absolute atomic E-state index is 0.159. The largest absolute Gasteiger partial charge is 0.446 e. The third-order valence-electron chi connectivity index (χ3n) is 2.34. The third kappa shape index (κ3) is 4.41. The summed E-state index contributed by atoms with van der Waals surface area (Å²) in [4.78, 5) is 13.6. The van der Waals surface area contributed by atoms with E-state index in [1.165, 1.54) is 0 Å². The van der Waals surface area contributed by atoms with E-state index < -0.39 is 0 Å². The molecule has 0 aliphatic heterocycles. The number of nitrogens with zero attached hydrogens (tertiary/aromatic N) is 1. The molecule has 0 radical (unpaired) electrons. The van der Waals surface area contributed by atoms with Crippen molar-refractivity contribution in [2.45, 2.75) is 51.7 Å². The Morgan fingerprint density at radius 2 is 2.07 bits per heavy atom. The van der Waals surface area contributed by atoms with E-state index in [0.29, 0.717) is 0 Å². The molecule has 4 heteroatoms. The summed E-state index contributed by atoms with van der Waals surface area (Å²) in [5.41, 5.74) is -0.159. The minimum atomic E-state index is -0.161. The van der Waals surface area contributed by atoms with Crippen molar-refractivity contribution in [2.24, 2.45) is 0 Å². The van der Waals surface area contributed by atoms with E-state index in [4.69, 9.17) is 4.74 Å². The zero-order chi connectivity index (χ0) is 11.5.